The van der Waals surface area contributed by atoms with E-state index in [-0.39, 0.29) is 5.91 Å². The molecule has 0 N–H and O–H groups in total. The Labute approximate surface area is 196 Å². The molecule has 2 aliphatic rings. The molecule has 1 fully saturated rings. The maximum atomic E-state index is 13.5. The fraction of sp³-hybridized carbons (Fsp3) is 0.222. The Hall–Kier alpha value is -3.23. The van der Waals surface area contributed by atoms with Crippen molar-refractivity contribution in [1.82, 2.24) is 4.90 Å². The molecule has 0 unspecified atom stereocenters. The van der Waals surface area contributed by atoms with Gasteiger partial charge in [-0.15, -0.1) is 0 Å². The van der Waals surface area contributed by atoms with Crippen LogP contribution in [0.5, 0.6) is 0 Å². The van der Waals surface area contributed by atoms with Gasteiger partial charge in [0.05, 0.1) is 18.2 Å². The number of amidine groups is 1. The summed E-state index contributed by atoms with van der Waals surface area (Å²) in [5, 5.41) is 9.46. The number of hydrogen-bond acceptors (Lipinski definition) is 3. The molecule has 0 aromatic heterocycles. The van der Waals surface area contributed by atoms with Gasteiger partial charge < -0.3 is 0 Å². The minimum Gasteiger partial charge on any atom is -0.290 e. The van der Waals surface area contributed by atoms with E-state index in [1.54, 1.807) is 0 Å². The van der Waals surface area contributed by atoms with Crippen molar-refractivity contribution in [2.75, 3.05) is 0 Å². The first-order chi connectivity index (χ1) is 15.6. The molecule has 0 atom stereocenters. The zero-order valence-electron chi connectivity index (χ0n) is 17.6. The zero-order valence-corrected chi connectivity index (χ0v) is 19.2. The number of halogens is 1. The second-order valence-electron chi connectivity index (χ2n) is 8.43. The summed E-state index contributed by atoms with van der Waals surface area (Å²) in [6, 6.07) is 26.0. The van der Waals surface area contributed by atoms with Gasteiger partial charge in [0.25, 0.3) is 5.91 Å². The molecular weight excluding hydrogens is 462 g/mol. The average molecular weight is 484 g/mol. The molecule has 4 nitrogen and oxygen atoms in total. The van der Waals surface area contributed by atoms with Gasteiger partial charge in [-0.25, -0.2) is 0 Å². The molecule has 1 heterocycles. The normalized spacial score (nSPS) is 16.9. The van der Waals surface area contributed by atoms with E-state index in [2.05, 4.69) is 22.0 Å². The fourth-order valence-corrected chi connectivity index (χ4v) is 5.08. The summed E-state index contributed by atoms with van der Waals surface area (Å²) in [5.74, 6) is 0.900. The van der Waals surface area contributed by atoms with E-state index in [4.69, 9.17) is 4.99 Å². The fourth-order valence-electron chi connectivity index (χ4n) is 4.72. The largest absolute Gasteiger partial charge is 0.290 e. The van der Waals surface area contributed by atoms with E-state index in [1.807, 2.05) is 77.7 Å². The quantitative estimate of drug-likeness (QED) is 0.450. The molecule has 3 aromatic rings. The van der Waals surface area contributed by atoms with Crippen LogP contribution in [0.2, 0.25) is 0 Å². The summed E-state index contributed by atoms with van der Waals surface area (Å²) in [5.41, 5.74) is 3.94. The first-order valence-corrected chi connectivity index (χ1v) is 11.7. The van der Waals surface area contributed by atoms with Crippen LogP contribution in [0.1, 0.15) is 42.4 Å². The van der Waals surface area contributed by atoms with Gasteiger partial charge in [0.1, 0.15) is 11.4 Å². The molecule has 1 spiro atoms. The van der Waals surface area contributed by atoms with E-state index < -0.39 is 5.54 Å². The van der Waals surface area contributed by atoms with Crippen molar-refractivity contribution in [2.45, 2.75) is 37.8 Å². The summed E-state index contributed by atoms with van der Waals surface area (Å²) >= 11 is 3.49. The molecule has 5 heteroatoms. The number of nitrogens with zero attached hydrogens (tertiary/aromatic N) is 3. The first kappa shape index (κ1) is 20.7. The van der Waals surface area contributed by atoms with E-state index in [1.165, 1.54) is 0 Å². The topological polar surface area (TPSA) is 56.5 Å². The number of hydrogen-bond donors (Lipinski definition) is 0. The highest BCUT2D eigenvalue weighted by molar-refractivity contribution is 9.10. The number of aliphatic imine (C=N–C) groups is 1. The van der Waals surface area contributed by atoms with Gasteiger partial charge in [-0.3, -0.25) is 14.7 Å². The summed E-state index contributed by atoms with van der Waals surface area (Å²) in [4.78, 5) is 20.4. The maximum absolute atomic E-state index is 13.5. The van der Waals surface area contributed by atoms with Crippen molar-refractivity contribution in [3.8, 4) is 17.2 Å². The standard InChI is InChI=1S/C27H22BrN3O/c28-23-13-12-22(17-29)24(16-23)20-10-8-19(9-11-20)18-31-25(21-6-2-1-3-7-21)30-27(26(31)32)14-4-5-15-27/h1-3,6-13,16H,4-5,14-15,18H2. The lowest BCUT2D eigenvalue weighted by atomic mass is 9.97. The Morgan fingerprint density at radius 3 is 2.38 bits per heavy atom. The highest BCUT2D eigenvalue weighted by Gasteiger charge is 2.49. The van der Waals surface area contributed by atoms with Gasteiger partial charge in [-0.2, -0.15) is 5.26 Å². The van der Waals surface area contributed by atoms with Crippen molar-refractivity contribution >= 4 is 27.7 Å². The van der Waals surface area contributed by atoms with E-state index in [0.29, 0.717) is 12.1 Å². The monoisotopic (exact) mass is 483 g/mol. The molecule has 1 aliphatic heterocycles. The number of amides is 1. The van der Waals surface area contributed by atoms with Crippen LogP contribution in [0.25, 0.3) is 11.1 Å². The second-order valence-corrected chi connectivity index (χ2v) is 9.35. The van der Waals surface area contributed by atoms with Crippen LogP contribution in [0.15, 0.2) is 82.3 Å². The van der Waals surface area contributed by atoms with Crippen LogP contribution in [0.3, 0.4) is 0 Å². The highest BCUT2D eigenvalue weighted by atomic mass is 79.9. The first-order valence-electron chi connectivity index (χ1n) is 10.9. The smallest absolute Gasteiger partial charge is 0.256 e. The highest BCUT2D eigenvalue weighted by Crippen LogP contribution is 2.40. The SMILES string of the molecule is N#Cc1ccc(Br)cc1-c1ccc(CN2C(=O)C3(CCCC3)N=C2c2ccccc2)cc1. The van der Waals surface area contributed by atoms with Crippen LogP contribution in [-0.4, -0.2) is 22.2 Å². The van der Waals surface area contributed by atoms with E-state index >= 15 is 0 Å². The summed E-state index contributed by atoms with van der Waals surface area (Å²) < 4.78 is 0.934. The van der Waals surface area contributed by atoms with Crippen molar-refractivity contribution in [1.29, 1.82) is 5.26 Å². The molecule has 0 bridgehead atoms. The van der Waals surface area contributed by atoms with E-state index in [0.717, 1.165) is 58.2 Å². The number of benzene rings is 3. The van der Waals surface area contributed by atoms with Crippen molar-refractivity contribution in [3.05, 3.63) is 94.0 Å². The molecule has 0 saturated heterocycles. The molecule has 0 radical (unpaired) electrons. The van der Waals surface area contributed by atoms with Crippen LogP contribution >= 0.6 is 15.9 Å². The number of rotatable bonds is 4. The van der Waals surface area contributed by atoms with Gasteiger partial charge in [0.2, 0.25) is 0 Å². The summed E-state index contributed by atoms with van der Waals surface area (Å²) in [6.45, 7) is 0.484. The van der Waals surface area contributed by atoms with Crippen LogP contribution < -0.4 is 0 Å². The number of carbonyl (C=O) groups is 1. The Bertz CT molecular complexity index is 1240. The molecule has 1 aliphatic carbocycles. The predicted molar refractivity (Wildman–Crippen MR) is 129 cm³/mol. The molecule has 5 rings (SSSR count). The van der Waals surface area contributed by atoms with Gasteiger partial charge in [-0.1, -0.05) is 83.4 Å². The Morgan fingerprint density at radius 2 is 1.69 bits per heavy atom. The average Bonchev–Trinajstić information content (AvgIpc) is 3.41. The van der Waals surface area contributed by atoms with E-state index in [9.17, 15) is 10.1 Å². The molecular formula is C27H22BrN3O. The van der Waals surface area contributed by atoms with Crippen LogP contribution in [0, 0.1) is 11.3 Å². The lowest BCUT2D eigenvalue weighted by Crippen LogP contribution is -2.40. The minimum atomic E-state index is -0.580. The van der Waals surface area contributed by atoms with Gasteiger partial charge in [-0.05, 0) is 42.2 Å². The molecule has 1 saturated carbocycles. The zero-order chi connectivity index (χ0) is 22.1. The van der Waals surface area contributed by atoms with Gasteiger partial charge in [0.15, 0.2) is 0 Å². The molecule has 32 heavy (non-hydrogen) atoms. The number of nitriles is 1. The summed E-state index contributed by atoms with van der Waals surface area (Å²) in [7, 11) is 0. The van der Waals surface area contributed by atoms with Crippen LogP contribution in [-0.2, 0) is 11.3 Å². The summed E-state index contributed by atoms with van der Waals surface area (Å²) in [6.07, 6.45) is 3.76. The van der Waals surface area contributed by atoms with Crippen molar-refractivity contribution < 1.29 is 4.79 Å². The van der Waals surface area contributed by atoms with Crippen LogP contribution in [0.4, 0.5) is 0 Å². The second kappa shape index (κ2) is 8.37. The van der Waals surface area contributed by atoms with Gasteiger partial charge >= 0.3 is 0 Å². The number of carbonyl (C=O) groups excluding carboxylic acids is 1. The third kappa shape index (κ3) is 3.65. The minimum absolute atomic E-state index is 0.122. The lowest BCUT2D eigenvalue weighted by Gasteiger charge is -2.23. The Morgan fingerprint density at radius 1 is 0.969 bits per heavy atom. The van der Waals surface area contributed by atoms with Crippen molar-refractivity contribution in [2.24, 2.45) is 4.99 Å². The Kier molecular flexibility index (Phi) is 5.40. The third-order valence-corrected chi connectivity index (χ3v) is 6.88. The lowest BCUT2D eigenvalue weighted by molar-refractivity contribution is -0.131. The third-order valence-electron chi connectivity index (χ3n) is 6.39. The molecule has 3 aromatic carbocycles. The van der Waals surface area contributed by atoms with Gasteiger partial charge in [0, 0.05) is 15.6 Å². The Balaban J connectivity index is 1.45. The molecule has 1 amide bonds. The predicted octanol–water partition coefficient (Wildman–Crippen LogP) is 6.09. The molecule has 158 valence electrons. The van der Waals surface area contributed by atoms with Crippen molar-refractivity contribution in [3.63, 3.8) is 0 Å². The maximum Gasteiger partial charge on any atom is 0.256 e.